The number of hydrogen-bond donors (Lipinski definition) is 2. The Morgan fingerprint density at radius 1 is 1.31 bits per heavy atom. The molecule has 0 saturated heterocycles. The van der Waals surface area contributed by atoms with Gasteiger partial charge in [0.15, 0.2) is 0 Å². The maximum absolute atomic E-state index is 10.8. The SMILES string of the molecule is C=NNc1ccc(CCNS(C)(=O)=O)cc1. The van der Waals surface area contributed by atoms with Gasteiger partial charge < -0.3 is 0 Å². The summed E-state index contributed by atoms with van der Waals surface area (Å²) < 4.78 is 24.1. The predicted molar refractivity (Wildman–Crippen MR) is 66.2 cm³/mol. The molecule has 1 aromatic rings. The summed E-state index contributed by atoms with van der Waals surface area (Å²) in [5.74, 6) is 0. The second kappa shape index (κ2) is 5.62. The van der Waals surface area contributed by atoms with Crippen molar-refractivity contribution in [2.45, 2.75) is 6.42 Å². The van der Waals surface area contributed by atoms with Gasteiger partial charge in [-0.3, -0.25) is 5.43 Å². The van der Waals surface area contributed by atoms with E-state index >= 15 is 0 Å². The van der Waals surface area contributed by atoms with Crippen LogP contribution in [0.2, 0.25) is 0 Å². The Kier molecular flexibility index (Phi) is 4.45. The van der Waals surface area contributed by atoms with E-state index in [9.17, 15) is 8.42 Å². The van der Waals surface area contributed by atoms with Gasteiger partial charge in [-0.15, -0.1) is 0 Å². The fourth-order valence-electron chi connectivity index (χ4n) is 1.22. The molecule has 2 N–H and O–H groups in total. The topological polar surface area (TPSA) is 70.6 Å². The highest BCUT2D eigenvalue weighted by atomic mass is 32.2. The molecule has 0 aromatic heterocycles. The predicted octanol–water partition coefficient (Wildman–Crippen LogP) is 0.806. The van der Waals surface area contributed by atoms with Crippen molar-refractivity contribution in [2.24, 2.45) is 5.10 Å². The number of nitrogens with one attached hydrogen (secondary N) is 2. The van der Waals surface area contributed by atoms with Crippen LogP contribution in [0.1, 0.15) is 5.56 Å². The van der Waals surface area contributed by atoms with E-state index in [0.717, 1.165) is 17.5 Å². The minimum absolute atomic E-state index is 0.408. The van der Waals surface area contributed by atoms with E-state index in [2.05, 4.69) is 22.0 Å². The van der Waals surface area contributed by atoms with Crippen LogP contribution in [0.15, 0.2) is 29.4 Å². The number of anilines is 1. The van der Waals surface area contributed by atoms with Gasteiger partial charge in [0.25, 0.3) is 0 Å². The van der Waals surface area contributed by atoms with Crippen LogP contribution in [0.3, 0.4) is 0 Å². The van der Waals surface area contributed by atoms with E-state index in [1.54, 1.807) is 0 Å². The summed E-state index contributed by atoms with van der Waals surface area (Å²) in [4.78, 5) is 0. The highest BCUT2D eigenvalue weighted by Gasteiger charge is 1.99. The first kappa shape index (κ1) is 12.7. The van der Waals surface area contributed by atoms with Gasteiger partial charge in [-0.05, 0) is 24.1 Å². The molecule has 0 aliphatic rings. The van der Waals surface area contributed by atoms with E-state index in [0.29, 0.717) is 13.0 Å². The normalized spacial score (nSPS) is 11.1. The van der Waals surface area contributed by atoms with Gasteiger partial charge >= 0.3 is 0 Å². The van der Waals surface area contributed by atoms with Crippen LogP contribution < -0.4 is 10.1 Å². The zero-order valence-electron chi connectivity index (χ0n) is 9.10. The molecule has 1 rings (SSSR count). The van der Waals surface area contributed by atoms with Gasteiger partial charge in [0.2, 0.25) is 10.0 Å². The zero-order valence-corrected chi connectivity index (χ0v) is 9.92. The molecular formula is C10H15N3O2S. The van der Waals surface area contributed by atoms with Crippen LogP contribution in [-0.4, -0.2) is 27.9 Å². The number of hydrazone groups is 1. The second-order valence-corrected chi connectivity index (χ2v) is 5.22. The maximum atomic E-state index is 10.8. The van der Waals surface area contributed by atoms with Gasteiger partial charge in [-0.2, -0.15) is 5.10 Å². The first-order chi connectivity index (χ1) is 7.51. The summed E-state index contributed by atoms with van der Waals surface area (Å²) in [5, 5.41) is 3.54. The van der Waals surface area contributed by atoms with Crippen molar-refractivity contribution < 1.29 is 8.42 Å². The molecule has 0 saturated carbocycles. The van der Waals surface area contributed by atoms with Gasteiger partial charge in [0.05, 0.1) is 11.9 Å². The van der Waals surface area contributed by atoms with Crippen molar-refractivity contribution in [1.82, 2.24) is 4.72 Å². The standard InChI is InChI=1S/C10H15N3O2S/c1-11-13-10-5-3-9(4-6-10)7-8-12-16(2,14)15/h3-6,12-13H,1,7-8H2,2H3. The van der Waals surface area contributed by atoms with E-state index in [1.165, 1.54) is 0 Å². The number of benzene rings is 1. The van der Waals surface area contributed by atoms with Gasteiger partial charge in [0.1, 0.15) is 0 Å². The highest BCUT2D eigenvalue weighted by molar-refractivity contribution is 7.88. The summed E-state index contributed by atoms with van der Waals surface area (Å²) in [6, 6.07) is 7.56. The molecule has 0 unspecified atom stereocenters. The summed E-state index contributed by atoms with van der Waals surface area (Å²) in [7, 11) is -3.10. The van der Waals surface area contributed by atoms with Gasteiger partial charge in [-0.25, -0.2) is 13.1 Å². The Hall–Kier alpha value is -1.40. The lowest BCUT2D eigenvalue weighted by Gasteiger charge is -2.04. The zero-order chi connectivity index (χ0) is 12.0. The van der Waals surface area contributed by atoms with Crippen LogP contribution in [0.4, 0.5) is 5.69 Å². The minimum Gasteiger partial charge on any atom is -0.279 e. The number of nitrogens with zero attached hydrogens (tertiary/aromatic N) is 1. The molecule has 0 amide bonds. The summed E-state index contributed by atoms with van der Waals surface area (Å²) in [6.45, 7) is 3.73. The van der Waals surface area contributed by atoms with Crippen molar-refractivity contribution >= 4 is 22.4 Å². The molecule has 1 aromatic carbocycles. The van der Waals surface area contributed by atoms with Crippen molar-refractivity contribution in [1.29, 1.82) is 0 Å². The van der Waals surface area contributed by atoms with Gasteiger partial charge in [0, 0.05) is 13.3 Å². The third-order valence-electron chi connectivity index (χ3n) is 1.94. The summed E-state index contributed by atoms with van der Waals surface area (Å²) in [5.41, 5.74) is 4.63. The van der Waals surface area contributed by atoms with Crippen LogP contribution in [0, 0.1) is 0 Å². The Bertz CT molecular complexity index is 440. The molecule has 0 atom stereocenters. The van der Waals surface area contributed by atoms with Crippen LogP contribution in [-0.2, 0) is 16.4 Å². The monoisotopic (exact) mass is 241 g/mol. The average Bonchev–Trinajstić information content (AvgIpc) is 2.19. The van der Waals surface area contributed by atoms with Crippen molar-refractivity contribution in [3.8, 4) is 0 Å². The largest absolute Gasteiger partial charge is 0.279 e. The fraction of sp³-hybridized carbons (Fsp3) is 0.300. The Morgan fingerprint density at radius 3 is 2.44 bits per heavy atom. The Labute approximate surface area is 95.6 Å². The van der Waals surface area contributed by atoms with E-state index < -0.39 is 10.0 Å². The van der Waals surface area contributed by atoms with Crippen LogP contribution in [0.5, 0.6) is 0 Å². The number of sulfonamides is 1. The van der Waals surface area contributed by atoms with E-state index in [1.807, 2.05) is 24.3 Å². The molecule has 0 radical (unpaired) electrons. The van der Waals surface area contributed by atoms with Crippen LogP contribution in [0.25, 0.3) is 0 Å². The van der Waals surface area contributed by atoms with Crippen LogP contribution >= 0.6 is 0 Å². The summed E-state index contributed by atoms with van der Waals surface area (Å²) in [6.07, 6.45) is 1.81. The van der Waals surface area contributed by atoms with Crippen molar-refractivity contribution in [2.75, 3.05) is 18.2 Å². The smallest absolute Gasteiger partial charge is 0.208 e. The molecule has 0 aliphatic carbocycles. The maximum Gasteiger partial charge on any atom is 0.208 e. The Morgan fingerprint density at radius 2 is 1.94 bits per heavy atom. The van der Waals surface area contributed by atoms with E-state index in [-0.39, 0.29) is 0 Å². The molecule has 0 fully saturated rings. The fourth-order valence-corrected chi connectivity index (χ4v) is 1.69. The molecule has 0 heterocycles. The van der Waals surface area contributed by atoms with Crippen molar-refractivity contribution in [3.63, 3.8) is 0 Å². The third-order valence-corrected chi connectivity index (χ3v) is 2.67. The lowest BCUT2D eigenvalue weighted by molar-refractivity contribution is 0.588. The third kappa shape index (κ3) is 4.90. The average molecular weight is 241 g/mol. The first-order valence-electron chi connectivity index (χ1n) is 4.76. The molecule has 88 valence electrons. The lowest BCUT2D eigenvalue weighted by atomic mass is 10.1. The minimum atomic E-state index is -3.10. The molecule has 6 heteroatoms. The number of rotatable bonds is 6. The summed E-state index contributed by atoms with van der Waals surface area (Å²) >= 11 is 0. The second-order valence-electron chi connectivity index (χ2n) is 3.38. The molecule has 0 spiro atoms. The molecule has 16 heavy (non-hydrogen) atoms. The molecule has 0 aliphatic heterocycles. The molecular weight excluding hydrogens is 226 g/mol. The first-order valence-corrected chi connectivity index (χ1v) is 6.66. The Balaban J connectivity index is 2.46. The van der Waals surface area contributed by atoms with E-state index in [4.69, 9.17) is 0 Å². The van der Waals surface area contributed by atoms with Gasteiger partial charge in [-0.1, -0.05) is 12.1 Å². The molecule has 0 bridgehead atoms. The molecule has 5 nitrogen and oxygen atoms in total. The van der Waals surface area contributed by atoms with Crippen molar-refractivity contribution in [3.05, 3.63) is 29.8 Å². The highest BCUT2D eigenvalue weighted by Crippen LogP contribution is 2.09. The quantitative estimate of drug-likeness (QED) is 0.572. The number of hydrogen-bond acceptors (Lipinski definition) is 4. The lowest BCUT2D eigenvalue weighted by Crippen LogP contribution is -2.24.